The fourth-order valence-corrected chi connectivity index (χ4v) is 2.46. The quantitative estimate of drug-likeness (QED) is 0.683. The minimum absolute atomic E-state index is 0.0163. The molecule has 2 nitrogen and oxygen atoms in total. The van der Waals surface area contributed by atoms with Crippen LogP contribution in [0.15, 0.2) is 6.07 Å². The van der Waals surface area contributed by atoms with Gasteiger partial charge in [0.15, 0.2) is 0 Å². The standard InChI is InChI=1S/C17H27NO/c1-11-8-9-19-14-12(11)10-13(16(2,3)4)18-15(14)17(5,6)7/h10-11H,8-9H2,1-7H3. The van der Waals surface area contributed by atoms with Crippen molar-refractivity contribution in [2.75, 3.05) is 6.61 Å². The lowest BCUT2D eigenvalue weighted by Gasteiger charge is -2.32. The van der Waals surface area contributed by atoms with Crippen LogP contribution in [0.1, 0.15) is 77.8 Å². The Morgan fingerprint density at radius 1 is 1.11 bits per heavy atom. The summed E-state index contributed by atoms with van der Waals surface area (Å²) >= 11 is 0. The molecule has 2 heteroatoms. The number of pyridine rings is 1. The number of hydrogen-bond acceptors (Lipinski definition) is 2. The van der Waals surface area contributed by atoms with Crippen LogP contribution in [0.3, 0.4) is 0 Å². The van der Waals surface area contributed by atoms with Crippen molar-refractivity contribution >= 4 is 0 Å². The summed E-state index contributed by atoms with van der Waals surface area (Å²) in [5.41, 5.74) is 3.72. The molecule has 0 saturated heterocycles. The number of hydrogen-bond donors (Lipinski definition) is 0. The Bertz CT molecular complexity index is 477. The second-order valence-electron chi connectivity index (χ2n) is 7.81. The summed E-state index contributed by atoms with van der Waals surface area (Å²) in [5.74, 6) is 1.60. The number of ether oxygens (including phenoxy) is 1. The Kier molecular flexibility index (Phi) is 3.40. The molecule has 0 fully saturated rings. The third-order valence-corrected chi connectivity index (χ3v) is 3.81. The third kappa shape index (κ3) is 2.77. The molecular weight excluding hydrogens is 234 g/mol. The van der Waals surface area contributed by atoms with Gasteiger partial charge in [0.05, 0.1) is 12.3 Å². The van der Waals surface area contributed by atoms with E-state index in [4.69, 9.17) is 9.72 Å². The van der Waals surface area contributed by atoms with Gasteiger partial charge >= 0.3 is 0 Å². The maximum Gasteiger partial charge on any atom is 0.144 e. The predicted octanol–water partition coefficient (Wildman–Crippen LogP) is 4.56. The number of nitrogens with zero attached hydrogens (tertiary/aromatic N) is 1. The van der Waals surface area contributed by atoms with Gasteiger partial charge in [-0.15, -0.1) is 0 Å². The predicted molar refractivity (Wildman–Crippen MR) is 80.2 cm³/mol. The zero-order valence-corrected chi connectivity index (χ0v) is 13.4. The highest BCUT2D eigenvalue weighted by Gasteiger charge is 2.31. The first kappa shape index (κ1) is 14.4. The summed E-state index contributed by atoms with van der Waals surface area (Å²) in [6.45, 7) is 16.4. The molecule has 0 aliphatic carbocycles. The molecule has 0 saturated carbocycles. The monoisotopic (exact) mass is 261 g/mol. The maximum absolute atomic E-state index is 5.96. The van der Waals surface area contributed by atoms with Crippen LogP contribution in [-0.2, 0) is 10.8 Å². The van der Waals surface area contributed by atoms with E-state index in [9.17, 15) is 0 Å². The van der Waals surface area contributed by atoms with Gasteiger partial charge in [0.2, 0.25) is 0 Å². The second-order valence-corrected chi connectivity index (χ2v) is 7.81. The Labute approximate surface area is 117 Å². The van der Waals surface area contributed by atoms with Crippen molar-refractivity contribution in [2.24, 2.45) is 0 Å². The molecule has 2 rings (SSSR count). The Morgan fingerprint density at radius 2 is 1.74 bits per heavy atom. The van der Waals surface area contributed by atoms with E-state index in [1.54, 1.807) is 0 Å². The van der Waals surface area contributed by atoms with Crippen LogP contribution >= 0.6 is 0 Å². The number of fused-ring (bicyclic) bond motifs is 1. The van der Waals surface area contributed by atoms with Crippen molar-refractivity contribution in [2.45, 2.75) is 71.6 Å². The Hall–Kier alpha value is -1.05. The third-order valence-electron chi connectivity index (χ3n) is 3.81. The molecule has 1 unspecified atom stereocenters. The zero-order valence-electron chi connectivity index (χ0n) is 13.4. The van der Waals surface area contributed by atoms with E-state index in [0.717, 1.165) is 24.5 Å². The van der Waals surface area contributed by atoms with E-state index >= 15 is 0 Å². The van der Waals surface area contributed by atoms with E-state index in [-0.39, 0.29) is 10.8 Å². The molecule has 1 aromatic rings. The molecule has 0 amide bonds. The van der Waals surface area contributed by atoms with Crippen LogP contribution in [0.2, 0.25) is 0 Å². The van der Waals surface area contributed by atoms with E-state index in [0.29, 0.717) is 5.92 Å². The van der Waals surface area contributed by atoms with Crippen molar-refractivity contribution in [3.63, 3.8) is 0 Å². The van der Waals surface area contributed by atoms with E-state index < -0.39 is 0 Å². The fraction of sp³-hybridized carbons (Fsp3) is 0.706. The Morgan fingerprint density at radius 3 is 2.26 bits per heavy atom. The lowest BCUT2D eigenvalue weighted by molar-refractivity contribution is 0.261. The first-order valence-electron chi connectivity index (χ1n) is 7.29. The van der Waals surface area contributed by atoms with Gasteiger partial charge in [-0.25, -0.2) is 0 Å². The van der Waals surface area contributed by atoms with Gasteiger partial charge in [0, 0.05) is 22.1 Å². The minimum Gasteiger partial charge on any atom is -0.491 e. The van der Waals surface area contributed by atoms with Crippen molar-refractivity contribution in [3.05, 3.63) is 23.0 Å². The smallest absolute Gasteiger partial charge is 0.144 e. The maximum atomic E-state index is 5.96. The van der Waals surface area contributed by atoms with E-state index in [1.807, 2.05) is 0 Å². The normalized spacial score (nSPS) is 19.8. The van der Waals surface area contributed by atoms with Gasteiger partial charge in [0.25, 0.3) is 0 Å². The number of rotatable bonds is 0. The highest BCUT2D eigenvalue weighted by atomic mass is 16.5. The van der Waals surface area contributed by atoms with Gasteiger partial charge in [-0.1, -0.05) is 48.5 Å². The zero-order chi connectivity index (χ0) is 14.4. The molecule has 0 N–H and O–H groups in total. The lowest BCUT2D eigenvalue weighted by Crippen LogP contribution is -2.25. The first-order chi connectivity index (χ1) is 8.60. The average molecular weight is 261 g/mol. The van der Waals surface area contributed by atoms with Crippen molar-refractivity contribution < 1.29 is 4.74 Å². The van der Waals surface area contributed by atoms with E-state index in [1.165, 1.54) is 11.3 Å². The van der Waals surface area contributed by atoms with Crippen LogP contribution in [0.25, 0.3) is 0 Å². The van der Waals surface area contributed by atoms with Crippen molar-refractivity contribution in [3.8, 4) is 5.75 Å². The summed E-state index contributed by atoms with van der Waals surface area (Å²) in [4.78, 5) is 4.94. The van der Waals surface area contributed by atoms with Gasteiger partial charge in [0.1, 0.15) is 5.75 Å². The molecule has 1 aromatic heterocycles. The summed E-state index contributed by atoms with van der Waals surface area (Å²) in [7, 11) is 0. The molecule has 2 heterocycles. The average Bonchev–Trinajstić information content (AvgIpc) is 2.25. The summed E-state index contributed by atoms with van der Waals surface area (Å²) in [5, 5.41) is 0. The summed E-state index contributed by atoms with van der Waals surface area (Å²) in [6.07, 6.45) is 1.10. The highest BCUT2D eigenvalue weighted by Crippen LogP contribution is 2.41. The molecule has 1 atom stereocenters. The Balaban J connectivity index is 2.68. The van der Waals surface area contributed by atoms with Gasteiger partial charge in [-0.2, -0.15) is 0 Å². The van der Waals surface area contributed by atoms with Crippen LogP contribution in [0.5, 0.6) is 5.75 Å². The molecule has 19 heavy (non-hydrogen) atoms. The minimum atomic E-state index is 0.0163. The molecule has 0 spiro atoms. The number of aromatic nitrogens is 1. The molecule has 0 aromatic carbocycles. The van der Waals surface area contributed by atoms with Crippen LogP contribution < -0.4 is 4.74 Å². The molecule has 106 valence electrons. The highest BCUT2D eigenvalue weighted by molar-refractivity contribution is 5.46. The van der Waals surface area contributed by atoms with Crippen LogP contribution in [0.4, 0.5) is 0 Å². The SMILES string of the molecule is CC1CCOc2c1cc(C(C)(C)C)nc2C(C)(C)C. The van der Waals surface area contributed by atoms with Crippen LogP contribution in [-0.4, -0.2) is 11.6 Å². The van der Waals surface area contributed by atoms with Crippen LogP contribution in [0, 0.1) is 0 Å². The molecule has 0 radical (unpaired) electrons. The molecular formula is C17H27NO. The molecule has 0 bridgehead atoms. The van der Waals surface area contributed by atoms with E-state index in [2.05, 4.69) is 54.5 Å². The van der Waals surface area contributed by atoms with Gasteiger partial charge in [-0.05, 0) is 18.4 Å². The first-order valence-corrected chi connectivity index (χ1v) is 7.29. The largest absolute Gasteiger partial charge is 0.491 e. The molecule has 1 aliphatic heterocycles. The fourth-order valence-electron chi connectivity index (χ4n) is 2.46. The second kappa shape index (κ2) is 4.50. The lowest BCUT2D eigenvalue weighted by atomic mass is 9.82. The van der Waals surface area contributed by atoms with Crippen molar-refractivity contribution in [1.29, 1.82) is 0 Å². The van der Waals surface area contributed by atoms with Gasteiger partial charge in [-0.3, -0.25) is 4.98 Å². The van der Waals surface area contributed by atoms with Crippen molar-refractivity contribution in [1.82, 2.24) is 4.98 Å². The van der Waals surface area contributed by atoms with Gasteiger partial charge < -0.3 is 4.74 Å². The topological polar surface area (TPSA) is 22.1 Å². The summed E-state index contributed by atoms with van der Waals surface area (Å²) in [6, 6.07) is 2.26. The molecule has 1 aliphatic rings. The summed E-state index contributed by atoms with van der Waals surface area (Å²) < 4.78 is 5.96.